The number of ether oxygens (including phenoxy) is 2. The van der Waals surface area contributed by atoms with Crippen molar-refractivity contribution in [3.63, 3.8) is 0 Å². The minimum absolute atomic E-state index is 0.186. The highest BCUT2D eigenvalue weighted by Gasteiger charge is 2.21. The van der Waals surface area contributed by atoms with Crippen LogP contribution >= 0.6 is 0 Å². The fourth-order valence-corrected chi connectivity index (χ4v) is 3.14. The number of hydrogen-bond acceptors (Lipinski definition) is 4. The number of methoxy groups -OCH3 is 1. The van der Waals surface area contributed by atoms with Crippen molar-refractivity contribution in [3.8, 4) is 5.75 Å². The molecule has 0 radical (unpaired) electrons. The predicted molar refractivity (Wildman–Crippen MR) is 102 cm³/mol. The van der Waals surface area contributed by atoms with Crippen molar-refractivity contribution in [2.75, 3.05) is 30.9 Å². The van der Waals surface area contributed by atoms with Crippen molar-refractivity contribution in [2.45, 2.75) is 45.6 Å². The smallest absolute Gasteiger partial charge is 0.319 e. The fraction of sp³-hybridized carbons (Fsp3) is 0.579. The summed E-state index contributed by atoms with van der Waals surface area (Å²) in [4.78, 5) is 23.2. The molecule has 0 bridgehead atoms. The van der Waals surface area contributed by atoms with Crippen LogP contribution in [0.4, 0.5) is 16.2 Å². The second-order valence-corrected chi connectivity index (χ2v) is 6.65. The van der Waals surface area contributed by atoms with Gasteiger partial charge in [0, 0.05) is 25.2 Å². The highest BCUT2D eigenvalue weighted by molar-refractivity contribution is 5.93. The SMILES string of the molecule is COc1cc(NC(=O)NCCO[C@@H]2CCCC[C@@H]2C)ccc1NC(C)=O. The second-order valence-electron chi connectivity index (χ2n) is 6.65. The molecule has 1 saturated carbocycles. The highest BCUT2D eigenvalue weighted by atomic mass is 16.5. The van der Waals surface area contributed by atoms with Crippen LogP contribution in [-0.2, 0) is 9.53 Å². The molecule has 3 N–H and O–H groups in total. The van der Waals surface area contributed by atoms with Gasteiger partial charge in [0.25, 0.3) is 0 Å². The monoisotopic (exact) mass is 363 g/mol. The lowest BCUT2D eigenvalue weighted by Gasteiger charge is -2.28. The van der Waals surface area contributed by atoms with Gasteiger partial charge in [0.1, 0.15) is 5.75 Å². The van der Waals surface area contributed by atoms with E-state index in [4.69, 9.17) is 9.47 Å². The standard InChI is InChI=1S/C19H29N3O4/c1-13-6-4-5-7-17(13)26-11-10-20-19(24)22-15-8-9-16(21-14(2)23)18(12-15)25-3/h8-9,12-13,17H,4-7,10-11H2,1-3H3,(H,21,23)(H2,20,22,24)/t13-,17+/m0/s1. The number of carbonyl (C=O) groups is 2. The Kier molecular flexibility index (Phi) is 7.72. The molecule has 1 aromatic rings. The van der Waals surface area contributed by atoms with Crippen molar-refractivity contribution >= 4 is 23.3 Å². The van der Waals surface area contributed by atoms with Crippen molar-refractivity contribution in [1.82, 2.24) is 5.32 Å². The number of carbonyl (C=O) groups excluding carboxylic acids is 2. The van der Waals surface area contributed by atoms with Crippen LogP contribution in [-0.4, -0.2) is 38.3 Å². The second kappa shape index (κ2) is 10.0. The largest absolute Gasteiger partial charge is 0.494 e. The number of rotatable bonds is 7. The lowest BCUT2D eigenvalue weighted by Crippen LogP contribution is -2.34. The van der Waals surface area contributed by atoms with Gasteiger partial charge in [-0.05, 0) is 30.9 Å². The quantitative estimate of drug-likeness (QED) is 0.648. The molecule has 0 heterocycles. The Morgan fingerprint density at radius 3 is 2.65 bits per heavy atom. The molecule has 1 fully saturated rings. The maximum atomic E-state index is 12.0. The normalized spacial score (nSPS) is 19.5. The van der Waals surface area contributed by atoms with Gasteiger partial charge in [0.15, 0.2) is 0 Å². The molecular formula is C19H29N3O4. The first kappa shape index (κ1) is 20.0. The van der Waals surface area contributed by atoms with Crippen LogP contribution in [0, 0.1) is 5.92 Å². The number of nitrogens with one attached hydrogen (secondary N) is 3. The molecule has 3 amide bonds. The summed E-state index contributed by atoms with van der Waals surface area (Å²) in [5.41, 5.74) is 1.14. The van der Waals surface area contributed by atoms with E-state index in [1.54, 1.807) is 18.2 Å². The third-order valence-electron chi connectivity index (χ3n) is 4.52. The minimum Gasteiger partial charge on any atom is -0.494 e. The van der Waals surface area contributed by atoms with Gasteiger partial charge in [-0.2, -0.15) is 0 Å². The first-order valence-corrected chi connectivity index (χ1v) is 9.11. The van der Waals surface area contributed by atoms with E-state index in [2.05, 4.69) is 22.9 Å². The molecule has 0 aromatic heterocycles. The van der Waals surface area contributed by atoms with Crippen LogP contribution in [0.5, 0.6) is 5.75 Å². The maximum absolute atomic E-state index is 12.0. The van der Waals surface area contributed by atoms with E-state index in [0.29, 0.717) is 42.3 Å². The van der Waals surface area contributed by atoms with E-state index >= 15 is 0 Å². The Morgan fingerprint density at radius 2 is 1.96 bits per heavy atom. The molecule has 7 heteroatoms. The summed E-state index contributed by atoms with van der Waals surface area (Å²) in [5, 5.41) is 8.20. The van der Waals surface area contributed by atoms with Gasteiger partial charge in [-0.15, -0.1) is 0 Å². The third-order valence-corrected chi connectivity index (χ3v) is 4.52. The summed E-state index contributed by atoms with van der Waals surface area (Å²) >= 11 is 0. The van der Waals surface area contributed by atoms with Crippen molar-refractivity contribution in [2.24, 2.45) is 5.92 Å². The average molecular weight is 363 g/mol. The van der Waals surface area contributed by atoms with Crippen LogP contribution in [0.25, 0.3) is 0 Å². The summed E-state index contributed by atoms with van der Waals surface area (Å²) in [6, 6.07) is 4.74. The first-order chi connectivity index (χ1) is 12.5. The average Bonchev–Trinajstić information content (AvgIpc) is 2.61. The van der Waals surface area contributed by atoms with Crippen molar-refractivity contribution in [3.05, 3.63) is 18.2 Å². The number of hydrogen-bond donors (Lipinski definition) is 3. The zero-order valence-corrected chi connectivity index (χ0v) is 15.8. The van der Waals surface area contributed by atoms with Crippen molar-refractivity contribution < 1.29 is 19.1 Å². The van der Waals surface area contributed by atoms with E-state index in [0.717, 1.165) is 6.42 Å². The molecule has 2 atom stereocenters. The molecule has 26 heavy (non-hydrogen) atoms. The number of anilines is 2. The molecule has 1 aliphatic rings. The fourth-order valence-electron chi connectivity index (χ4n) is 3.14. The van der Waals surface area contributed by atoms with Crippen LogP contribution in [0.3, 0.4) is 0 Å². The van der Waals surface area contributed by atoms with E-state index < -0.39 is 0 Å². The summed E-state index contributed by atoms with van der Waals surface area (Å²) in [7, 11) is 1.51. The Hall–Kier alpha value is -2.28. The van der Waals surface area contributed by atoms with Crippen LogP contribution < -0.4 is 20.7 Å². The third kappa shape index (κ3) is 6.22. The summed E-state index contributed by atoms with van der Waals surface area (Å²) in [6.07, 6.45) is 5.13. The van der Waals surface area contributed by atoms with Gasteiger partial charge in [-0.1, -0.05) is 19.8 Å². The Labute approximate surface area is 154 Å². The Balaban J connectivity index is 1.75. The van der Waals surface area contributed by atoms with E-state index in [-0.39, 0.29) is 11.9 Å². The molecule has 1 aromatic carbocycles. The molecule has 0 spiro atoms. The Morgan fingerprint density at radius 1 is 1.19 bits per heavy atom. The van der Waals surface area contributed by atoms with Gasteiger partial charge in [0.2, 0.25) is 5.91 Å². The van der Waals surface area contributed by atoms with Gasteiger partial charge in [0.05, 0.1) is 25.5 Å². The van der Waals surface area contributed by atoms with E-state index in [9.17, 15) is 9.59 Å². The van der Waals surface area contributed by atoms with E-state index in [1.165, 1.54) is 33.3 Å². The molecule has 7 nitrogen and oxygen atoms in total. The molecule has 144 valence electrons. The summed E-state index contributed by atoms with van der Waals surface area (Å²) in [5.74, 6) is 0.883. The van der Waals surface area contributed by atoms with Crippen LogP contribution in [0.2, 0.25) is 0 Å². The lowest BCUT2D eigenvalue weighted by atomic mass is 9.88. The van der Waals surface area contributed by atoms with Crippen LogP contribution in [0.15, 0.2) is 18.2 Å². The predicted octanol–water partition coefficient (Wildman–Crippen LogP) is 3.37. The van der Waals surface area contributed by atoms with Gasteiger partial charge in [-0.25, -0.2) is 4.79 Å². The first-order valence-electron chi connectivity index (χ1n) is 9.11. The maximum Gasteiger partial charge on any atom is 0.319 e. The zero-order valence-electron chi connectivity index (χ0n) is 15.8. The molecule has 1 aliphatic carbocycles. The molecule has 0 saturated heterocycles. The van der Waals surface area contributed by atoms with Gasteiger partial charge >= 0.3 is 6.03 Å². The number of benzene rings is 1. The zero-order chi connectivity index (χ0) is 18.9. The molecule has 0 aliphatic heterocycles. The number of amides is 3. The van der Waals surface area contributed by atoms with Crippen molar-refractivity contribution in [1.29, 1.82) is 0 Å². The molecule has 2 rings (SSSR count). The topological polar surface area (TPSA) is 88.7 Å². The van der Waals surface area contributed by atoms with Crippen LogP contribution in [0.1, 0.15) is 39.5 Å². The minimum atomic E-state index is -0.306. The number of urea groups is 1. The van der Waals surface area contributed by atoms with E-state index in [1.807, 2.05) is 0 Å². The van der Waals surface area contributed by atoms with Gasteiger partial charge in [-0.3, -0.25) is 4.79 Å². The molecular weight excluding hydrogens is 334 g/mol. The summed E-state index contributed by atoms with van der Waals surface area (Å²) in [6.45, 7) is 4.61. The lowest BCUT2D eigenvalue weighted by molar-refractivity contribution is -0.114. The highest BCUT2D eigenvalue weighted by Crippen LogP contribution is 2.28. The molecule has 0 unspecified atom stereocenters. The Bertz CT molecular complexity index is 621. The van der Waals surface area contributed by atoms with Gasteiger partial charge < -0.3 is 25.4 Å². The summed E-state index contributed by atoms with van der Waals surface area (Å²) < 4.78 is 11.1.